The van der Waals surface area contributed by atoms with Crippen molar-refractivity contribution in [3.8, 4) is 5.69 Å². The van der Waals surface area contributed by atoms with Crippen LogP contribution in [0.4, 0.5) is 11.6 Å². The Morgan fingerprint density at radius 3 is 2.48 bits per heavy atom. The molecule has 138 valence electrons. The lowest BCUT2D eigenvalue weighted by molar-refractivity contribution is 0.0526. The molecule has 0 saturated carbocycles. The van der Waals surface area contributed by atoms with E-state index in [9.17, 15) is 9.59 Å². The minimum atomic E-state index is -0.587. The summed E-state index contributed by atoms with van der Waals surface area (Å²) in [6.45, 7) is 1.96. The lowest BCUT2D eigenvalue weighted by atomic mass is 10.3. The van der Waals surface area contributed by atoms with Gasteiger partial charge in [-0.2, -0.15) is 5.10 Å². The molecule has 0 spiro atoms. The summed E-state index contributed by atoms with van der Waals surface area (Å²) >= 11 is 0. The molecule has 27 heavy (non-hydrogen) atoms. The molecule has 9 nitrogen and oxygen atoms in total. The highest BCUT2D eigenvalue weighted by atomic mass is 16.5. The van der Waals surface area contributed by atoms with Gasteiger partial charge in [-0.3, -0.25) is 0 Å². The number of carbonyl (C=O) groups is 2. The van der Waals surface area contributed by atoms with Crippen molar-refractivity contribution in [2.45, 2.75) is 6.92 Å². The van der Waals surface area contributed by atoms with Crippen molar-refractivity contribution < 1.29 is 19.1 Å². The first-order valence-electron chi connectivity index (χ1n) is 8.13. The van der Waals surface area contributed by atoms with Gasteiger partial charge < -0.3 is 14.8 Å². The zero-order chi connectivity index (χ0) is 19.2. The number of aromatic nitrogens is 4. The fraction of sp³-hybridized carbons (Fsp3) is 0.167. The van der Waals surface area contributed by atoms with Crippen molar-refractivity contribution in [2.24, 2.45) is 0 Å². The maximum absolute atomic E-state index is 12.3. The molecule has 0 aliphatic carbocycles. The summed E-state index contributed by atoms with van der Waals surface area (Å²) in [6, 6.07) is 12.3. The van der Waals surface area contributed by atoms with Crippen LogP contribution in [-0.2, 0) is 9.47 Å². The summed E-state index contributed by atoms with van der Waals surface area (Å²) < 4.78 is 11.2. The Hall–Kier alpha value is -3.75. The normalized spacial score (nSPS) is 10.3. The summed E-state index contributed by atoms with van der Waals surface area (Å²) in [5.74, 6) is -0.400. The maximum Gasteiger partial charge on any atom is 0.358 e. The Morgan fingerprint density at radius 1 is 1.07 bits per heavy atom. The van der Waals surface area contributed by atoms with E-state index in [0.29, 0.717) is 11.6 Å². The summed E-state index contributed by atoms with van der Waals surface area (Å²) in [5.41, 5.74) is 1.07. The fourth-order valence-corrected chi connectivity index (χ4v) is 2.33. The number of esters is 2. The van der Waals surface area contributed by atoms with E-state index in [0.717, 1.165) is 5.69 Å². The second-order valence-corrected chi connectivity index (χ2v) is 5.30. The molecule has 2 aromatic heterocycles. The van der Waals surface area contributed by atoms with E-state index >= 15 is 0 Å². The van der Waals surface area contributed by atoms with Gasteiger partial charge in [0.2, 0.25) is 0 Å². The highest BCUT2D eigenvalue weighted by molar-refractivity contribution is 5.95. The SMILES string of the molecule is CCOC(=O)c1cnn(-c2ccccc2)c1Nc1ccc(C(=O)OC)nn1. The maximum atomic E-state index is 12.3. The number of para-hydroxylation sites is 1. The van der Waals surface area contributed by atoms with Crippen LogP contribution in [0.2, 0.25) is 0 Å². The number of ether oxygens (including phenoxy) is 2. The van der Waals surface area contributed by atoms with Crippen LogP contribution in [0.3, 0.4) is 0 Å². The monoisotopic (exact) mass is 367 g/mol. The van der Waals surface area contributed by atoms with Gasteiger partial charge >= 0.3 is 11.9 Å². The molecule has 3 aromatic rings. The average Bonchev–Trinajstić information content (AvgIpc) is 3.12. The first-order chi connectivity index (χ1) is 13.1. The van der Waals surface area contributed by atoms with Crippen LogP contribution < -0.4 is 5.32 Å². The van der Waals surface area contributed by atoms with Crippen molar-refractivity contribution in [1.82, 2.24) is 20.0 Å². The molecule has 0 aliphatic rings. The summed E-state index contributed by atoms with van der Waals surface area (Å²) in [4.78, 5) is 23.7. The predicted molar refractivity (Wildman–Crippen MR) is 96.2 cm³/mol. The molecule has 3 rings (SSSR count). The lowest BCUT2D eigenvalue weighted by Gasteiger charge is -2.11. The van der Waals surface area contributed by atoms with Crippen LogP contribution in [0.1, 0.15) is 27.8 Å². The quantitative estimate of drug-likeness (QED) is 0.662. The Kier molecular flexibility index (Phi) is 5.41. The molecule has 9 heteroatoms. The second kappa shape index (κ2) is 8.09. The van der Waals surface area contributed by atoms with Crippen LogP contribution in [0.15, 0.2) is 48.7 Å². The molecule has 1 N–H and O–H groups in total. The largest absolute Gasteiger partial charge is 0.464 e. The number of hydrogen-bond acceptors (Lipinski definition) is 8. The lowest BCUT2D eigenvalue weighted by Crippen LogP contribution is -2.11. The van der Waals surface area contributed by atoms with E-state index in [1.807, 2.05) is 30.3 Å². The first-order valence-corrected chi connectivity index (χ1v) is 8.13. The van der Waals surface area contributed by atoms with Gasteiger partial charge in [0.05, 0.1) is 25.6 Å². The van der Waals surface area contributed by atoms with Crippen molar-refractivity contribution in [1.29, 1.82) is 0 Å². The molecule has 1 aromatic carbocycles. The Labute approximate surface area is 154 Å². The molecule has 0 fully saturated rings. The van der Waals surface area contributed by atoms with E-state index < -0.39 is 11.9 Å². The summed E-state index contributed by atoms with van der Waals surface area (Å²) in [6.07, 6.45) is 1.42. The van der Waals surface area contributed by atoms with Crippen molar-refractivity contribution in [2.75, 3.05) is 19.0 Å². The van der Waals surface area contributed by atoms with Gasteiger partial charge in [0.1, 0.15) is 11.4 Å². The summed E-state index contributed by atoms with van der Waals surface area (Å²) in [7, 11) is 1.26. The van der Waals surface area contributed by atoms with Gasteiger partial charge in [-0.1, -0.05) is 18.2 Å². The van der Waals surface area contributed by atoms with Gasteiger partial charge in [0, 0.05) is 0 Å². The molecule has 2 heterocycles. The van der Waals surface area contributed by atoms with Crippen LogP contribution >= 0.6 is 0 Å². The third-order valence-electron chi connectivity index (χ3n) is 3.57. The minimum absolute atomic E-state index is 0.0743. The smallest absolute Gasteiger partial charge is 0.358 e. The highest BCUT2D eigenvalue weighted by Crippen LogP contribution is 2.24. The van der Waals surface area contributed by atoms with Gasteiger partial charge in [-0.25, -0.2) is 14.3 Å². The number of anilines is 2. The Morgan fingerprint density at radius 2 is 1.85 bits per heavy atom. The van der Waals surface area contributed by atoms with E-state index in [2.05, 4.69) is 25.3 Å². The molecule has 0 aliphatic heterocycles. The van der Waals surface area contributed by atoms with Crippen molar-refractivity contribution in [3.63, 3.8) is 0 Å². The van der Waals surface area contributed by atoms with E-state index in [-0.39, 0.29) is 17.9 Å². The molecule has 0 bridgehead atoms. The fourth-order valence-electron chi connectivity index (χ4n) is 2.33. The number of methoxy groups -OCH3 is 1. The topological polar surface area (TPSA) is 108 Å². The Balaban J connectivity index is 1.98. The molecule has 0 atom stereocenters. The van der Waals surface area contributed by atoms with Crippen LogP contribution in [0, 0.1) is 0 Å². The standard InChI is InChI=1S/C18H17N5O4/c1-3-27-17(24)13-11-19-23(12-7-5-4-6-8-12)16(13)20-15-10-9-14(21-22-15)18(25)26-2/h4-11H,3H2,1-2H3,(H,20,22). The molecule has 0 radical (unpaired) electrons. The molecule has 0 unspecified atom stereocenters. The van der Waals surface area contributed by atoms with E-state index in [4.69, 9.17) is 4.74 Å². The van der Waals surface area contributed by atoms with Gasteiger partial charge in [-0.05, 0) is 31.2 Å². The van der Waals surface area contributed by atoms with Gasteiger partial charge in [0.15, 0.2) is 11.5 Å². The predicted octanol–water partition coefficient (Wildman–Crippen LogP) is 2.37. The number of rotatable bonds is 6. The van der Waals surface area contributed by atoms with Crippen LogP contribution in [0.5, 0.6) is 0 Å². The number of benzene rings is 1. The van der Waals surface area contributed by atoms with Crippen molar-refractivity contribution >= 4 is 23.6 Å². The van der Waals surface area contributed by atoms with Gasteiger partial charge in [0.25, 0.3) is 0 Å². The van der Waals surface area contributed by atoms with Gasteiger partial charge in [-0.15, -0.1) is 10.2 Å². The van der Waals surface area contributed by atoms with E-state index in [1.54, 1.807) is 17.7 Å². The molecular formula is C18H17N5O4. The average molecular weight is 367 g/mol. The zero-order valence-corrected chi connectivity index (χ0v) is 14.7. The number of carbonyl (C=O) groups excluding carboxylic acids is 2. The third kappa shape index (κ3) is 3.92. The third-order valence-corrected chi connectivity index (χ3v) is 3.57. The summed E-state index contributed by atoms with van der Waals surface area (Å²) in [5, 5.41) is 15.1. The first kappa shape index (κ1) is 18.1. The van der Waals surface area contributed by atoms with Crippen molar-refractivity contribution in [3.05, 3.63) is 59.9 Å². The second-order valence-electron chi connectivity index (χ2n) is 5.30. The molecule has 0 saturated heterocycles. The Bertz CT molecular complexity index is 938. The van der Waals surface area contributed by atoms with Crippen LogP contribution in [-0.4, -0.2) is 45.6 Å². The highest BCUT2D eigenvalue weighted by Gasteiger charge is 2.20. The minimum Gasteiger partial charge on any atom is -0.464 e. The van der Waals surface area contributed by atoms with E-state index in [1.165, 1.54) is 19.4 Å². The number of nitrogens with zero attached hydrogens (tertiary/aromatic N) is 4. The number of nitrogens with one attached hydrogen (secondary N) is 1. The number of hydrogen-bond donors (Lipinski definition) is 1. The molecular weight excluding hydrogens is 350 g/mol. The zero-order valence-electron chi connectivity index (χ0n) is 14.7. The van der Waals surface area contributed by atoms with Crippen LogP contribution in [0.25, 0.3) is 5.69 Å². The molecule has 0 amide bonds.